The average Bonchev–Trinajstić information content (AvgIpc) is 2.45. The number of aliphatic carboxylic acids is 1. The van der Waals surface area contributed by atoms with Crippen molar-refractivity contribution in [3.05, 3.63) is 29.3 Å². The molecule has 0 heterocycles. The second-order valence-corrected chi connectivity index (χ2v) is 5.00. The summed E-state index contributed by atoms with van der Waals surface area (Å²) in [5.41, 5.74) is 1.44. The number of amides is 1. The third-order valence-corrected chi connectivity index (χ3v) is 3.31. The lowest BCUT2D eigenvalue weighted by molar-refractivity contribution is -0.141. The third-order valence-electron chi connectivity index (χ3n) is 3.31. The topological polar surface area (TPSA) is 66.8 Å². The fourth-order valence-electron chi connectivity index (χ4n) is 2.05. The van der Waals surface area contributed by atoms with E-state index in [4.69, 9.17) is 9.84 Å². The van der Waals surface area contributed by atoms with Gasteiger partial charge in [0.2, 0.25) is 0 Å². The molecule has 1 aromatic carbocycles. The van der Waals surface area contributed by atoms with Crippen LogP contribution in [0.1, 0.15) is 36.7 Å². The van der Waals surface area contributed by atoms with E-state index >= 15 is 0 Å². The summed E-state index contributed by atoms with van der Waals surface area (Å²) in [5.74, 6) is -0.880. The molecule has 0 spiro atoms. The van der Waals surface area contributed by atoms with Crippen LogP contribution in [0.4, 0.5) is 0 Å². The molecule has 0 unspecified atom stereocenters. The Hall–Kier alpha value is -2.04. The van der Waals surface area contributed by atoms with Crippen LogP contribution in [0.25, 0.3) is 0 Å². The van der Waals surface area contributed by atoms with E-state index in [1.807, 2.05) is 20.8 Å². The Morgan fingerprint density at radius 3 is 2.48 bits per heavy atom. The van der Waals surface area contributed by atoms with E-state index in [-0.39, 0.29) is 12.5 Å². The highest BCUT2D eigenvalue weighted by Gasteiger charge is 2.20. The van der Waals surface area contributed by atoms with Crippen LogP contribution in [-0.2, 0) is 4.79 Å². The Morgan fingerprint density at radius 1 is 1.33 bits per heavy atom. The second-order valence-electron chi connectivity index (χ2n) is 5.00. The normalized spacial score (nSPS) is 11.8. The van der Waals surface area contributed by atoms with Gasteiger partial charge in [0.05, 0.1) is 12.5 Å². The molecule has 21 heavy (non-hydrogen) atoms. The summed E-state index contributed by atoms with van der Waals surface area (Å²) < 4.78 is 5.45. The SMILES string of the molecule is CCOc1ccc(C(=O)N(CC)C[C@@H](C)C(=O)O)cc1C. The Bertz CT molecular complexity index is 513. The van der Waals surface area contributed by atoms with Crippen LogP contribution < -0.4 is 4.74 Å². The minimum atomic E-state index is -0.899. The van der Waals surface area contributed by atoms with Gasteiger partial charge in [-0.25, -0.2) is 0 Å². The van der Waals surface area contributed by atoms with E-state index < -0.39 is 11.9 Å². The van der Waals surface area contributed by atoms with E-state index in [0.717, 1.165) is 11.3 Å². The third kappa shape index (κ3) is 4.48. The summed E-state index contributed by atoms with van der Waals surface area (Å²) >= 11 is 0. The predicted molar refractivity (Wildman–Crippen MR) is 80.7 cm³/mol. The monoisotopic (exact) mass is 293 g/mol. The van der Waals surface area contributed by atoms with E-state index in [9.17, 15) is 9.59 Å². The maximum Gasteiger partial charge on any atom is 0.308 e. The van der Waals surface area contributed by atoms with Gasteiger partial charge in [-0.05, 0) is 44.5 Å². The molecule has 0 aliphatic heterocycles. The molecule has 1 N–H and O–H groups in total. The van der Waals surface area contributed by atoms with Crippen LogP contribution >= 0.6 is 0 Å². The zero-order valence-electron chi connectivity index (χ0n) is 13.0. The smallest absolute Gasteiger partial charge is 0.308 e. The minimum Gasteiger partial charge on any atom is -0.494 e. The van der Waals surface area contributed by atoms with Gasteiger partial charge < -0.3 is 14.7 Å². The average molecular weight is 293 g/mol. The molecule has 116 valence electrons. The first-order valence-corrected chi connectivity index (χ1v) is 7.16. The van der Waals surface area contributed by atoms with Crippen molar-refractivity contribution in [3.8, 4) is 5.75 Å². The first-order valence-electron chi connectivity index (χ1n) is 7.16. The highest BCUT2D eigenvalue weighted by Crippen LogP contribution is 2.20. The van der Waals surface area contributed by atoms with Gasteiger partial charge in [0.15, 0.2) is 0 Å². The number of nitrogens with zero attached hydrogens (tertiary/aromatic N) is 1. The largest absolute Gasteiger partial charge is 0.494 e. The molecule has 0 aliphatic carbocycles. The van der Waals surface area contributed by atoms with Crippen molar-refractivity contribution in [1.82, 2.24) is 4.90 Å². The Morgan fingerprint density at radius 2 is 2.00 bits per heavy atom. The van der Waals surface area contributed by atoms with Crippen LogP contribution in [0.2, 0.25) is 0 Å². The number of carbonyl (C=O) groups is 2. The van der Waals surface area contributed by atoms with E-state index in [1.54, 1.807) is 30.0 Å². The number of carboxylic acid groups (broad SMARTS) is 1. The summed E-state index contributed by atoms with van der Waals surface area (Å²) in [4.78, 5) is 24.9. The van der Waals surface area contributed by atoms with Gasteiger partial charge in [-0.1, -0.05) is 6.92 Å². The summed E-state index contributed by atoms with van der Waals surface area (Å²) in [6.07, 6.45) is 0. The first-order chi connectivity index (χ1) is 9.90. The molecular weight excluding hydrogens is 270 g/mol. The van der Waals surface area contributed by atoms with Crippen LogP contribution in [0, 0.1) is 12.8 Å². The molecular formula is C16H23NO4. The Kier molecular flexibility index (Phi) is 6.21. The van der Waals surface area contributed by atoms with E-state index in [0.29, 0.717) is 18.7 Å². The van der Waals surface area contributed by atoms with Crippen molar-refractivity contribution < 1.29 is 19.4 Å². The molecule has 0 saturated carbocycles. The van der Waals surface area contributed by atoms with Gasteiger partial charge in [-0.15, -0.1) is 0 Å². The molecule has 0 fully saturated rings. The summed E-state index contributed by atoms with van der Waals surface area (Å²) in [7, 11) is 0. The number of hydrogen-bond acceptors (Lipinski definition) is 3. The van der Waals surface area contributed by atoms with Gasteiger partial charge in [-0.3, -0.25) is 9.59 Å². The molecule has 1 rings (SSSR count). The molecule has 1 aromatic rings. The van der Waals surface area contributed by atoms with Crippen LogP contribution in [0.5, 0.6) is 5.75 Å². The van der Waals surface area contributed by atoms with Crippen molar-refractivity contribution in [1.29, 1.82) is 0 Å². The number of rotatable bonds is 7. The van der Waals surface area contributed by atoms with Crippen molar-refractivity contribution in [3.63, 3.8) is 0 Å². The molecule has 1 amide bonds. The van der Waals surface area contributed by atoms with Gasteiger partial charge in [0, 0.05) is 18.7 Å². The molecule has 0 aromatic heterocycles. The summed E-state index contributed by atoms with van der Waals surface area (Å²) in [6.45, 7) is 8.49. The van der Waals surface area contributed by atoms with Crippen molar-refractivity contribution >= 4 is 11.9 Å². The molecule has 5 heteroatoms. The molecule has 0 radical (unpaired) electrons. The summed E-state index contributed by atoms with van der Waals surface area (Å²) in [5, 5.41) is 8.96. The van der Waals surface area contributed by atoms with E-state index in [1.165, 1.54) is 0 Å². The molecule has 0 saturated heterocycles. The molecule has 5 nitrogen and oxygen atoms in total. The maximum absolute atomic E-state index is 12.4. The lowest BCUT2D eigenvalue weighted by Crippen LogP contribution is -2.36. The fraction of sp³-hybridized carbons (Fsp3) is 0.500. The highest BCUT2D eigenvalue weighted by atomic mass is 16.5. The van der Waals surface area contributed by atoms with E-state index in [2.05, 4.69) is 0 Å². The van der Waals surface area contributed by atoms with Crippen LogP contribution in [0.3, 0.4) is 0 Å². The predicted octanol–water partition coefficient (Wildman–Crippen LogP) is 2.58. The Balaban J connectivity index is 2.90. The number of carbonyl (C=O) groups excluding carboxylic acids is 1. The Labute approximate surface area is 125 Å². The molecule has 1 atom stereocenters. The van der Waals surface area contributed by atoms with Crippen LogP contribution in [-0.4, -0.2) is 41.6 Å². The zero-order chi connectivity index (χ0) is 16.0. The van der Waals surface area contributed by atoms with Gasteiger partial charge in [0.1, 0.15) is 5.75 Å². The number of hydrogen-bond donors (Lipinski definition) is 1. The maximum atomic E-state index is 12.4. The van der Waals surface area contributed by atoms with Gasteiger partial charge in [0.25, 0.3) is 5.91 Å². The van der Waals surface area contributed by atoms with Crippen molar-refractivity contribution in [2.24, 2.45) is 5.92 Å². The first kappa shape index (κ1) is 17.0. The molecule has 0 aliphatic rings. The number of aryl methyl sites for hydroxylation is 1. The van der Waals surface area contributed by atoms with Gasteiger partial charge >= 0.3 is 5.97 Å². The number of benzene rings is 1. The second kappa shape index (κ2) is 7.67. The fourth-order valence-corrected chi connectivity index (χ4v) is 2.05. The molecule has 0 bridgehead atoms. The quantitative estimate of drug-likeness (QED) is 0.839. The van der Waals surface area contributed by atoms with Crippen LogP contribution in [0.15, 0.2) is 18.2 Å². The highest BCUT2D eigenvalue weighted by molar-refractivity contribution is 5.94. The van der Waals surface area contributed by atoms with Crippen molar-refractivity contribution in [2.45, 2.75) is 27.7 Å². The standard InChI is InChI=1S/C16H23NO4/c1-5-17(10-12(4)16(19)20)15(18)13-7-8-14(21-6-2)11(3)9-13/h7-9,12H,5-6,10H2,1-4H3,(H,19,20)/t12-/m1/s1. The lowest BCUT2D eigenvalue weighted by atomic mass is 10.1. The lowest BCUT2D eigenvalue weighted by Gasteiger charge is -2.23. The number of ether oxygens (including phenoxy) is 1. The van der Waals surface area contributed by atoms with Crippen molar-refractivity contribution in [2.75, 3.05) is 19.7 Å². The number of carboxylic acids is 1. The minimum absolute atomic E-state index is 0.156. The summed E-state index contributed by atoms with van der Waals surface area (Å²) in [6, 6.07) is 5.27. The van der Waals surface area contributed by atoms with Gasteiger partial charge in [-0.2, -0.15) is 0 Å². The zero-order valence-corrected chi connectivity index (χ0v) is 13.0.